The van der Waals surface area contributed by atoms with Crippen LogP contribution in [0.15, 0.2) is 0 Å². The Hall–Kier alpha value is -0.0800. The van der Waals surface area contributed by atoms with E-state index in [0.29, 0.717) is 6.10 Å². The Morgan fingerprint density at radius 1 is 0.850 bits per heavy atom. The molecular formula is C18H38NO+. The van der Waals surface area contributed by atoms with E-state index >= 15 is 0 Å². The van der Waals surface area contributed by atoms with Crippen molar-refractivity contribution in [2.75, 3.05) is 27.4 Å². The van der Waals surface area contributed by atoms with Crippen LogP contribution in [0.5, 0.6) is 0 Å². The van der Waals surface area contributed by atoms with Crippen LogP contribution < -0.4 is 0 Å². The summed E-state index contributed by atoms with van der Waals surface area (Å²) >= 11 is 0. The number of hydrogen-bond donors (Lipinski definition) is 0. The quantitative estimate of drug-likeness (QED) is 0.274. The second-order valence-electron chi connectivity index (χ2n) is 7.34. The molecule has 0 saturated heterocycles. The normalized spacial score (nSPS) is 16.9. The van der Waals surface area contributed by atoms with Crippen LogP contribution >= 0.6 is 0 Å². The molecule has 1 rings (SSSR count). The van der Waals surface area contributed by atoms with Crippen molar-refractivity contribution in [2.45, 2.75) is 90.1 Å². The predicted octanol–water partition coefficient (Wildman–Crippen LogP) is 5.12. The molecule has 120 valence electrons. The van der Waals surface area contributed by atoms with E-state index in [0.717, 1.165) is 11.2 Å². The van der Waals surface area contributed by atoms with Gasteiger partial charge in [0.2, 0.25) is 0 Å². The smallest absolute Gasteiger partial charge is 0.183 e. The van der Waals surface area contributed by atoms with Crippen LogP contribution in [0.2, 0.25) is 0 Å². The maximum Gasteiger partial charge on any atom is 0.183 e. The highest BCUT2D eigenvalue weighted by Gasteiger charge is 2.20. The third-order valence-electron chi connectivity index (χ3n) is 4.58. The second-order valence-corrected chi connectivity index (χ2v) is 7.34. The van der Waals surface area contributed by atoms with Crippen molar-refractivity contribution < 1.29 is 9.22 Å². The van der Waals surface area contributed by atoms with Crippen LogP contribution in [0.1, 0.15) is 84.0 Å². The molecule has 2 nitrogen and oxygen atoms in total. The lowest BCUT2D eigenvalue weighted by molar-refractivity contribution is -0.910. The van der Waals surface area contributed by atoms with Crippen molar-refractivity contribution in [3.8, 4) is 0 Å². The molecule has 0 N–H and O–H groups in total. The minimum absolute atomic E-state index is 0.561. The van der Waals surface area contributed by atoms with Crippen LogP contribution in [0.25, 0.3) is 0 Å². The summed E-state index contributed by atoms with van der Waals surface area (Å²) in [6.07, 6.45) is 17.2. The summed E-state index contributed by atoms with van der Waals surface area (Å²) in [6.45, 7) is 4.45. The number of quaternary nitrogens is 1. The molecule has 1 aliphatic carbocycles. The first-order valence-corrected chi connectivity index (χ1v) is 9.07. The van der Waals surface area contributed by atoms with Gasteiger partial charge >= 0.3 is 0 Å². The fraction of sp³-hybridized carbons (Fsp3) is 1.00. The molecule has 2 heteroatoms. The molecule has 1 saturated carbocycles. The highest BCUT2D eigenvalue weighted by atomic mass is 16.5. The molecular weight excluding hydrogens is 246 g/mol. The summed E-state index contributed by atoms with van der Waals surface area (Å²) in [4.78, 5) is 0. The summed E-state index contributed by atoms with van der Waals surface area (Å²) in [5.74, 6) is 0. The summed E-state index contributed by atoms with van der Waals surface area (Å²) in [6, 6.07) is 0. The molecule has 0 aromatic heterocycles. The minimum atomic E-state index is 0.561. The Balaban J connectivity index is 1.93. The van der Waals surface area contributed by atoms with E-state index in [1.54, 1.807) is 0 Å². The maximum absolute atomic E-state index is 6.06. The first kappa shape index (κ1) is 18.0. The summed E-state index contributed by atoms with van der Waals surface area (Å²) in [5, 5.41) is 0. The third kappa shape index (κ3) is 8.97. The van der Waals surface area contributed by atoms with Crippen LogP contribution in [0, 0.1) is 0 Å². The average Bonchev–Trinajstić information content (AvgIpc) is 2.93. The number of ether oxygens (including phenoxy) is 1. The Morgan fingerprint density at radius 2 is 1.40 bits per heavy atom. The highest BCUT2D eigenvalue weighted by molar-refractivity contribution is 4.65. The number of unbranched alkanes of at least 4 members (excludes halogenated alkanes) is 7. The van der Waals surface area contributed by atoms with Gasteiger partial charge in [0.1, 0.15) is 0 Å². The van der Waals surface area contributed by atoms with Gasteiger partial charge < -0.3 is 9.22 Å². The van der Waals surface area contributed by atoms with Crippen LogP contribution in [0.4, 0.5) is 0 Å². The maximum atomic E-state index is 6.06. The van der Waals surface area contributed by atoms with Gasteiger partial charge in [-0.15, -0.1) is 0 Å². The summed E-state index contributed by atoms with van der Waals surface area (Å²) in [5.41, 5.74) is 0. The van der Waals surface area contributed by atoms with E-state index in [1.165, 1.54) is 83.6 Å². The first-order chi connectivity index (χ1) is 9.64. The molecule has 0 bridgehead atoms. The standard InChI is InChI=1S/C18H38NO/c1-4-5-6-7-8-9-10-13-16-19(2,3)17-20-18-14-11-12-15-18/h18H,4-17H2,1-3H3/q+1. The van der Waals surface area contributed by atoms with Crippen molar-refractivity contribution in [2.24, 2.45) is 0 Å². The monoisotopic (exact) mass is 284 g/mol. The van der Waals surface area contributed by atoms with Gasteiger partial charge in [-0.1, -0.05) is 58.3 Å². The van der Waals surface area contributed by atoms with Crippen molar-refractivity contribution in [3.05, 3.63) is 0 Å². The Labute approximate surface area is 127 Å². The fourth-order valence-electron chi connectivity index (χ4n) is 3.10. The molecule has 0 amide bonds. The van der Waals surface area contributed by atoms with Gasteiger partial charge in [-0.2, -0.15) is 0 Å². The Kier molecular flexibility index (Phi) is 9.54. The number of nitrogens with zero attached hydrogens (tertiary/aromatic N) is 1. The van der Waals surface area contributed by atoms with E-state index in [-0.39, 0.29) is 0 Å². The van der Waals surface area contributed by atoms with Crippen LogP contribution in [0.3, 0.4) is 0 Å². The molecule has 0 aromatic carbocycles. The topological polar surface area (TPSA) is 9.23 Å². The first-order valence-electron chi connectivity index (χ1n) is 9.07. The van der Waals surface area contributed by atoms with E-state index in [2.05, 4.69) is 21.0 Å². The van der Waals surface area contributed by atoms with Gasteiger partial charge in [0.15, 0.2) is 6.73 Å². The molecule has 0 atom stereocenters. The lowest BCUT2D eigenvalue weighted by atomic mass is 10.1. The molecule has 0 radical (unpaired) electrons. The fourth-order valence-corrected chi connectivity index (χ4v) is 3.10. The Bertz CT molecular complexity index is 221. The van der Waals surface area contributed by atoms with E-state index in [9.17, 15) is 0 Å². The number of hydrogen-bond acceptors (Lipinski definition) is 1. The van der Waals surface area contributed by atoms with E-state index in [4.69, 9.17) is 4.74 Å². The van der Waals surface area contributed by atoms with E-state index < -0.39 is 0 Å². The lowest BCUT2D eigenvalue weighted by Gasteiger charge is -2.30. The van der Waals surface area contributed by atoms with Crippen molar-refractivity contribution in [3.63, 3.8) is 0 Å². The number of rotatable bonds is 12. The molecule has 0 heterocycles. The van der Waals surface area contributed by atoms with Gasteiger partial charge in [-0.05, 0) is 25.7 Å². The molecule has 1 fully saturated rings. The van der Waals surface area contributed by atoms with Crippen molar-refractivity contribution in [1.29, 1.82) is 0 Å². The third-order valence-corrected chi connectivity index (χ3v) is 4.58. The molecule has 20 heavy (non-hydrogen) atoms. The van der Waals surface area contributed by atoms with Gasteiger partial charge in [0, 0.05) is 0 Å². The zero-order valence-corrected chi connectivity index (χ0v) is 14.3. The zero-order chi connectivity index (χ0) is 14.7. The second kappa shape index (κ2) is 10.6. The zero-order valence-electron chi connectivity index (χ0n) is 14.3. The van der Waals surface area contributed by atoms with Gasteiger partial charge in [0.25, 0.3) is 0 Å². The minimum Gasteiger partial charge on any atom is -0.328 e. The average molecular weight is 285 g/mol. The molecule has 0 unspecified atom stereocenters. The molecule has 0 aromatic rings. The van der Waals surface area contributed by atoms with Crippen molar-refractivity contribution in [1.82, 2.24) is 0 Å². The SMILES string of the molecule is CCCCCCCCCC[N+](C)(C)COC1CCCC1. The van der Waals surface area contributed by atoms with E-state index in [1.807, 2.05) is 0 Å². The highest BCUT2D eigenvalue weighted by Crippen LogP contribution is 2.21. The lowest BCUT2D eigenvalue weighted by Crippen LogP contribution is -2.43. The summed E-state index contributed by atoms with van der Waals surface area (Å²) < 4.78 is 7.10. The van der Waals surface area contributed by atoms with Gasteiger partial charge in [-0.25, -0.2) is 0 Å². The van der Waals surface area contributed by atoms with Gasteiger partial charge in [-0.3, -0.25) is 0 Å². The molecule has 1 aliphatic rings. The van der Waals surface area contributed by atoms with Crippen LogP contribution in [-0.4, -0.2) is 38.0 Å². The van der Waals surface area contributed by atoms with Crippen molar-refractivity contribution >= 4 is 0 Å². The van der Waals surface area contributed by atoms with Gasteiger partial charge in [0.05, 0.1) is 26.7 Å². The predicted molar refractivity (Wildman–Crippen MR) is 87.8 cm³/mol. The van der Waals surface area contributed by atoms with Crippen LogP contribution in [-0.2, 0) is 4.74 Å². The Morgan fingerprint density at radius 3 is 2.00 bits per heavy atom. The largest absolute Gasteiger partial charge is 0.328 e. The molecule has 0 spiro atoms. The molecule has 0 aliphatic heterocycles. The summed E-state index contributed by atoms with van der Waals surface area (Å²) in [7, 11) is 4.63.